The van der Waals surface area contributed by atoms with Crippen LogP contribution in [0.1, 0.15) is 0 Å². The topological polar surface area (TPSA) is 43.4 Å². The van der Waals surface area contributed by atoms with Gasteiger partial charge in [0, 0.05) is 34.2 Å². The zero-order valence-electron chi connectivity index (χ0n) is 5.33. The fraction of sp³-hybridized carbons (Fsp3) is 0. The molecule has 0 aromatic heterocycles. The molecule has 0 aromatic rings. The number of hydrogen-bond donors (Lipinski definition) is 0. The van der Waals surface area contributed by atoms with Crippen molar-refractivity contribution in [3.63, 3.8) is 0 Å². The minimum atomic E-state index is -0.334. The van der Waals surface area contributed by atoms with Gasteiger partial charge in [0.1, 0.15) is 0 Å². The monoisotopic (exact) mass is 262 g/mol. The molecule has 56 valence electrons. The summed E-state index contributed by atoms with van der Waals surface area (Å²) in [7, 11) is 0. The Morgan fingerprint density at radius 1 is 1.45 bits per heavy atom. The fourth-order valence-electron chi connectivity index (χ4n) is 0.879. The molecule has 0 unspecified atom stereocenters. The lowest BCUT2D eigenvalue weighted by Gasteiger charge is -1.94. The van der Waals surface area contributed by atoms with Crippen LogP contribution in [0, 0.1) is 3.77 Å². The number of furan rings is 1. The summed E-state index contributed by atoms with van der Waals surface area (Å²) in [5.41, 5.74) is 0.449. The molecule has 4 heteroatoms. The van der Waals surface area contributed by atoms with E-state index in [1.54, 1.807) is 6.07 Å². The quantitative estimate of drug-likeness (QED) is 0.681. The van der Waals surface area contributed by atoms with Crippen LogP contribution in [0.2, 0.25) is 0 Å². The predicted molar refractivity (Wildman–Crippen MR) is 46.6 cm³/mol. The van der Waals surface area contributed by atoms with E-state index in [1.165, 1.54) is 12.3 Å². The highest BCUT2D eigenvalue weighted by atomic mass is 127. The van der Waals surface area contributed by atoms with Gasteiger partial charge < -0.3 is 8.83 Å². The maximum absolute atomic E-state index is 10.7. The second-order valence-electron chi connectivity index (χ2n) is 2.04. The van der Waals surface area contributed by atoms with Crippen LogP contribution in [0.3, 0.4) is 0 Å². The van der Waals surface area contributed by atoms with Crippen molar-refractivity contribution in [2.45, 2.75) is 0 Å². The summed E-state index contributed by atoms with van der Waals surface area (Å²) < 4.78 is 10.4. The van der Waals surface area contributed by atoms with Gasteiger partial charge in [-0.3, -0.25) is 0 Å². The molecule has 0 N–H and O–H groups in total. The van der Waals surface area contributed by atoms with E-state index >= 15 is 0 Å². The van der Waals surface area contributed by atoms with Crippen molar-refractivity contribution in [3.05, 3.63) is 32.6 Å². The lowest BCUT2D eigenvalue weighted by Crippen LogP contribution is -1.84. The molecule has 2 rings (SSSR count). The smallest absolute Gasteiger partial charge is 0.337 e. The highest BCUT2D eigenvalue weighted by molar-refractivity contribution is 14.1. The number of fused-ring (bicyclic) bond motifs is 1. The fourth-order valence-corrected chi connectivity index (χ4v) is 1.45. The van der Waals surface area contributed by atoms with E-state index in [4.69, 9.17) is 8.83 Å². The molecule has 2 aliphatic heterocycles. The summed E-state index contributed by atoms with van der Waals surface area (Å²) in [6, 6.07) is 3.13. The van der Waals surface area contributed by atoms with Gasteiger partial charge in [0.05, 0.1) is 6.26 Å². The molecule has 3 nitrogen and oxygen atoms in total. The Hall–Kier alpha value is -0.780. The van der Waals surface area contributed by atoms with Crippen LogP contribution in [-0.4, -0.2) is 0 Å². The third-order valence-corrected chi connectivity index (χ3v) is 2.08. The molecule has 0 radical (unpaired) electrons. The third-order valence-electron chi connectivity index (χ3n) is 1.34. The van der Waals surface area contributed by atoms with Gasteiger partial charge in [-0.25, -0.2) is 4.79 Å². The van der Waals surface area contributed by atoms with Crippen LogP contribution < -0.4 is 5.63 Å². The number of rotatable bonds is 0. The molecular formula is C7H3IO3. The Morgan fingerprint density at radius 3 is 3.00 bits per heavy atom. The lowest BCUT2D eigenvalue weighted by atomic mass is 10.2. The van der Waals surface area contributed by atoms with E-state index in [-0.39, 0.29) is 5.63 Å². The second kappa shape index (κ2) is 2.37. The van der Waals surface area contributed by atoms with Crippen molar-refractivity contribution >= 4 is 22.6 Å². The normalized spacial score (nSPS) is 10.6. The Balaban J connectivity index is 2.89. The first-order valence-electron chi connectivity index (χ1n) is 2.94. The maximum atomic E-state index is 10.7. The van der Waals surface area contributed by atoms with Crippen LogP contribution in [0.4, 0.5) is 0 Å². The number of hydrogen-bond acceptors (Lipinski definition) is 3. The largest absolute Gasteiger partial charge is 0.455 e. The van der Waals surface area contributed by atoms with Gasteiger partial charge in [-0.2, -0.15) is 0 Å². The highest BCUT2D eigenvalue weighted by Gasteiger charge is 2.12. The van der Waals surface area contributed by atoms with E-state index < -0.39 is 0 Å². The van der Waals surface area contributed by atoms with Crippen molar-refractivity contribution in [2.24, 2.45) is 0 Å². The van der Waals surface area contributed by atoms with Gasteiger partial charge in [0.2, 0.25) is 3.77 Å². The van der Waals surface area contributed by atoms with Gasteiger partial charge >= 0.3 is 5.63 Å². The molecular weight excluding hydrogens is 259 g/mol. The van der Waals surface area contributed by atoms with E-state index in [9.17, 15) is 4.79 Å². The van der Waals surface area contributed by atoms with Gasteiger partial charge in [-0.15, -0.1) is 0 Å². The zero-order valence-corrected chi connectivity index (χ0v) is 7.49. The Kier molecular flexibility index (Phi) is 1.49. The summed E-state index contributed by atoms with van der Waals surface area (Å²) in [5.74, 6) is 0.526. The summed E-state index contributed by atoms with van der Waals surface area (Å²) in [5, 5.41) is 0. The molecule has 11 heavy (non-hydrogen) atoms. The highest BCUT2D eigenvalue weighted by Crippen LogP contribution is 2.25. The van der Waals surface area contributed by atoms with E-state index in [2.05, 4.69) is 0 Å². The molecule has 0 amide bonds. The molecule has 0 spiro atoms. The average molecular weight is 262 g/mol. The minimum Gasteiger partial charge on any atom is -0.455 e. The molecule has 0 saturated heterocycles. The molecule has 2 aliphatic rings. The Labute approximate surface area is 75.5 Å². The van der Waals surface area contributed by atoms with Crippen LogP contribution >= 0.6 is 22.6 Å². The standard InChI is InChI=1S/C7H3IO3/c8-7-6-4(1-2-10-7)3-5(9)11-6/h1-3H. The molecule has 0 aromatic carbocycles. The molecule has 0 saturated carbocycles. The molecule has 0 fully saturated rings. The van der Waals surface area contributed by atoms with Gasteiger partial charge in [-0.05, 0) is 6.07 Å². The SMILES string of the molecule is O=c1cc2ccoc(I)c-2o1. The van der Waals surface area contributed by atoms with Crippen LogP contribution in [0.5, 0.6) is 0 Å². The molecule has 0 bridgehead atoms. The first-order valence-corrected chi connectivity index (χ1v) is 4.02. The first kappa shape index (κ1) is 6.90. The first-order chi connectivity index (χ1) is 5.27. The van der Waals surface area contributed by atoms with E-state index in [1.807, 2.05) is 22.6 Å². The molecule has 2 heterocycles. The lowest BCUT2D eigenvalue weighted by molar-refractivity contribution is 0.472. The zero-order chi connectivity index (χ0) is 7.84. The predicted octanol–water partition coefficient (Wildman–Crippen LogP) is 1.94. The van der Waals surface area contributed by atoms with Crippen LogP contribution in [-0.2, 0) is 0 Å². The summed E-state index contributed by atoms with van der Waals surface area (Å²) >= 11 is 1.97. The van der Waals surface area contributed by atoms with Crippen molar-refractivity contribution in [2.75, 3.05) is 0 Å². The van der Waals surface area contributed by atoms with E-state index in [0.29, 0.717) is 9.53 Å². The van der Waals surface area contributed by atoms with Crippen LogP contribution in [0.25, 0.3) is 11.3 Å². The summed E-state index contributed by atoms with van der Waals surface area (Å²) in [4.78, 5) is 10.7. The van der Waals surface area contributed by atoms with Crippen molar-refractivity contribution in [3.8, 4) is 11.3 Å². The molecule has 0 aliphatic carbocycles. The average Bonchev–Trinajstić information content (AvgIpc) is 2.31. The van der Waals surface area contributed by atoms with Crippen molar-refractivity contribution < 1.29 is 8.83 Å². The van der Waals surface area contributed by atoms with Gasteiger partial charge in [-0.1, -0.05) is 0 Å². The molecule has 0 atom stereocenters. The summed E-state index contributed by atoms with van der Waals surface area (Å²) in [6.45, 7) is 0. The van der Waals surface area contributed by atoms with E-state index in [0.717, 1.165) is 5.56 Å². The maximum Gasteiger partial charge on any atom is 0.337 e. The Bertz CT molecular complexity index is 401. The minimum absolute atomic E-state index is 0.334. The second-order valence-corrected chi connectivity index (χ2v) is 3.02. The van der Waals surface area contributed by atoms with Gasteiger partial charge in [0.25, 0.3) is 0 Å². The third kappa shape index (κ3) is 1.07. The van der Waals surface area contributed by atoms with Crippen LogP contribution in [0.15, 0.2) is 32.0 Å². The van der Waals surface area contributed by atoms with Crippen molar-refractivity contribution in [1.82, 2.24) is 0 Å². The van der Waals surface area contributed by atoms with Crippen molar-refractivity contribution in [1.29, 1.82) is 0 Å². The van der Waals surface area contributed by atoms with Gasteiger partial charge in [0.15, 0.2) is 5.76 Å². The summed E-state index contributed by atoms with van der Waals surface area (Å²) in [6.07, 6.45) is 1.53. The Morgan fingerprint density at radius 2 is 2.27 bits per heavy atom. The number of halogens is 1.